The minimum atomic E-state index is 0.776. The summed E-state index contributed by atoms with van der Waals surface area (Å²) in [7, 11) is 4.37. The van der Waals surface area contributed by atoms with Crippen molar-refractivity contribution in [2.45, 2.75) is 38.1 Å². The molecule has 0 radical (unpaired) electrons. The van der Waals surface area contributed by atoms with E-state index in [4.69, 9.17) is 0 Å². The fraction of sp³-hybridized carbons (Fsp3) is 0.733. The summed E-state index contributed by atoms with van der Waals surface area (Å²) in [6, 6.07) is 5.17. The molecule has 1 aromatic rings. The number of thiophene rings is 1. The molecule has 2 rings (SSSR count). The Morgan fingerprint density at radius 2 is 2.11 bits per heavy atom. The molecule has 1 aromatic heterocycles. The molecule has 3 heteroatoms. The standard InChI is InChI=1S/C15H26N2S/c1-16-14-7-5-13(6-8-14)12-17(2)10-9-15-4-3-11-18-15/h3-4,11,13-14,16H,5-10,12H2,1-2H3. The second-order valence-electron chi connectivity index (χ2n) is 5.60. The number of rotatable bonds is 6. The molecule has 0 aromatic carbocycles. The summed E-state index contributed by atoms with van der Waals surface area (Å²) in [4.78, 5) is 4.03. The molecular weight excluding hydrogens is 240 g/mol. The van der Waals surface area contributed by atoms with Gasteiger partial charge in [-0.1, -0.05) is 6.07 Å². The van der Waals surface area contributed by atoms with Crippen LogP contribution in [0.5, 0.6) is 0 Å². The molecule has 2 nitrogen and oxygen atoms in total. The first-order valence-electron chi connectivity index (χ1n) is 7.16. The van der Waals surface area contributed by atoms with Crippen LogP contribution in [0.3, 0.4) is 0 Å². The molecule has 0 atom stereocenters. The quantitative estimate of drug-likeness (QED) is 0.851. The second kappa shape index (κ2) is 7.27. The fourth-order valence-electron chi connectivity index (χ4n) is 2.92. The van der Waals surface area contributed by atoms with Gasteiger partial charge in [0, 0.05) is 24.0 Å². The number of nitrogens with one attached hydrogen (secondary N) is 1. The Bertz CT molecular complexity index is 315. The highest BCUT2D eigenvalue weighted by Crippen LogP contribution is 2.24. The first kappa shape index (κ1) is 14.0. The highest BCUT2D eigenvalue weighted by Gasteiger charge is 2.20. The maximum absolute atomic E-state index is 3.41. The summed E-state index contributed by atoms with van der Waals surface area (Å²) < 4.78 is 0. The van der Waals surface area contributed by atoms with Crippen LogP contribution >= 0.6 is 11.3 Å². The lowest BCUT2D eigenvalue weighted by atomic mass is 9.86. The van der Waals surface area contributed by atoms with Crippen LogP contribution < -0.4 is 5.32 Å². The van der Waals surface area contributed by atoms with Crippen molar-refractivity contribution in [3.05, 3.63) is 22.4 Å². The van der Waals surface area contributed by atoms with Crippen molar-refractivity contribution in [1.82, 2.24) is 10.2 Å². The predicted molar refractivity (Wildman–Crippen MR) is 80.3 cm³/mol. The molecule has 1 fully saturated rings. The minimum Gasteiger partial charge on any atom is -0.317 e. The number of hydrogen-bond acceptors (Lipinski definition) is 3. The van der Waals surface area contributed by atoms with E-state index in [1.54, 1.807) is 0 Å². The normalized spacial score (nSPS) is 24.6. The van der Waals surface area contributed by atoms with Crippen molar-refractivity contribution in [3.8, 4) is 0 Å². The Kier molecular flexibility index (Phi) is 5.67. The minimum absolute atomic E-state index is 0.776. The number of likely N-dealkylation sites (N-methyl/N-ethyl adjacent to an activating group) is 1. The van der Waals surface area contributed by atoms with Gasteiger partial charge in [0.2, 0.25) is 0 Å². The van der Waals surface area contributed by atoms with E-state index in [2.05, 4.69) is 41.8 Å². The Hall–Kier alpha value is -0.380. The molecule has 1 aliphatic carbocycles. The Balaban J connectivity index is 1.64. The summed E-state index contributed by atoms with van der Waals surface area (Å²) in [6.45, 7) is 2.48. The van der Waals surface area contributed by atoms with Gasteiger partial charge in [-0.25, -0.2) is 0 Å². The van der Waals surface area contributed by atoms with Crippen molar-refractivity contribution in [2.24, 2.45) is 5.92 Å². The van der Waals surface area contributed by atoms with E-state index in [9.17, 15) is 0 Å². The van der Waals surface area contributed by atoms with Gasteiger partial charge in [0.15, 0.2) is 0 Å². The molecule has 0 aliphatic heterocycles. The lowest BCUT2D eigenvalue weighted by Crippen LogP contribution is -2.34. The topological polar surface area (TPSA) is 15.3 Å². The van der Waals surface area contributed by atoms with Crippen molar-refractivity contribution in [2.75, 3.05) is 27.2 Å². The van der Waals surface area contributed by atoms with Gasteiger partial charge in [-0.15, -0.1) is 11.3 Å². The van der Waals surface area contributed by atoms with Crippen LogP contribution in [0.4, 0.5) is 0 Å². The summed E-state index contributed by atoms with van der Waals surface area (Å²) in [6.07, 6.45) is 6.73. The molecule has 0 bridgehead atoms. The van der Waals surface area contributed by atoms with Gasteiger partial charge in [0.05, 0.1) is 0 Å². The Morgan fingerprint density at radius 1 is 1.33 bits per heavy atom. The molecular formula is C15H26N2S. The van der Waals surface area contributed by atoms with Gasteiger partial charge in [-0.2, -0.15) is 0 Å². The molecule has 1 aliphatic rings. The van der Waals surface area contributed by atoms with Crippen LogP contribution in [0.15, 0.2) is 17.5 Å². The fourth-order valence-corrected chi connectivity index (χ4v) is 3.62. The van der Waals surface area contributed by atoms with Gasteiger partial charge < -0.3 is 10.2 Å². The highest BCUT2D eigenvalue weighted by molar-refractivity contribution is 7.09. The SMILES string of the molecule is CNC1CCC(CN(C)CCc2cccs2)CC1. The summed E-state index contributed by atoms with van der Waals surface area (Å²) >= 11 is 1.88. The molecule has 1 heterocycles. The van der Waals surface area contributed by atoms with E-state index in [0.29, 0.717) is 0 Å². The largest absolute Gasteiger partial charge is 0.317 e. The third kappa shape index (κ3) is 4.38. The van der Waals surface area contributed by atoms with E-state index in [1.165, 1.54) is 50.1 Å². The van der Waals surface area contributed by atoms with Gasteiger partial charge in [-0.05, 0) is 63.6 Å². The van der Waals surface area contributed by atoms with Crippen LogP contribution in [0.2, 0.25) is 0 Å². The van der Waals surface area contributed by atoms with Gasteiger partial charge in [-0.3, -0.25) is 0 Å². The third-order valence-corrected chi connectivity index (χ3v) is 5.08. The number of nitrogens with zero attached hydrogens (tertiary/aromatic N) is 1. The van der Waals surface area contributed by atoms with E-state index in [-0.39, 0.29) is 0 Å². The maximum atomic E-state index is 3.41. The molecule has 0 amide bonds. The van der Waals surface area contributed by atoms with Gasteiger partial charge >= 0.3 is 0 Å². The van der Waals surface area contributed by atoms with Crippen LogP contribution in [-0.4, -0.2) is 38.1 Å². The molecule has 102 valence electrons. The monoisotopic (exact) mass is 266 g/mol. The zero-order chi connectivity index (χ0) is 12.8. The molecule has 18 heavy (non-hydrogen) atoms. The average Bonchev–Trinajstić information content (AvgIpc) is 2.90. The Labute approximate surface area is 115 Å². The summed E-state index contributed by atoms with van der Waals surface area (Å²) in [5, 5.41) is 5.58. The van der Waals surface area contributed by atoms with Crippen LogP contribution in [0, 0.1) is 5.92 Å². The Morgan fingerprint density at radius 3 is 2.72 bits per heavy atom. The molecule has 0 saturated heterocycles. The van der Waals surface area contributed by atoms with Crippen molar-refractivity contribution >= 4 is 11.3 Å². The van der Waals surface area contributed by atoms with Gasteiger partial charge in [0.1, 0.15) is 0 Å². The zero-order valence-corrected chi connectivity index (χ0v) is 12.5. The van der Waals surface area contributed by atoms with E-state index in [1.807, 2.05) is 11.3 Å². The highest BCUT2D eigenvalue weighted by atomic mass is 32.1. The van der Waals surface area contributed by atoms with Crippen molar-refractivity contribution in [1.29, 1.82) is 0 Å². The average molecular weight is 266 g/mol. The van der Waals surface area contributed by atoms with Crippen LogP contribution in [0.25, 0.3) is 0 Å². The van der Waals surface area contributed by atoms with E-state index < -0.39 is 0 Å². The maximum Gasteiger partial charge on any atom is 0.00642 e. The first-order valence-corrected chi connectivity index (χ1v) is 8.04. The summed E-state index contributed by atoms with van der Waals surface area (Å²) in [5.41, 5.74) is 0. The lowest BCUT2D eigenvalue weighted by molar-refractivity contribution is 0.218. The van der Waals surface area contributed by atoms with Crippen molar-refractivity contribution < 1.29 is 0 Å². The lowest BCUT2D eigenvalue weighted by Gasteiger charge is -2.31. The second-order valence-corrected chi connectivity index (χ2v) is 6.63. The van der Waals surface area contributed by atoms with Crippen LogP contribution in [-0.2, 0) is 6.42 Å². The van der Waals surface area contributed by atoms with E-state index >= 15 is 0 Å². The third-order valence-electron chi connectivity index (χ3n) is 4.14. The first-order chi connectivity index (χ1) is 8.78. The summed E-state index contributed by atoms with van der Waals surface area (Å²) in [5.74, 6) is 0.919. The smallest absolute Gasteiger partial charge is 0.00642 e. The molecule has 1 saturated carbocycles. The molecule has 0 unspecified atom stereocenters. The van der Waals surface area contributed by atoms with E-state index in [0.717, 1.165) is 12.0 Å². The predicted octanol–water partition coefficient (Wildman–Crippen LogP) is 3.00. The zero-order valence-electron chi connectivity index (χ0n) is 11.7. The van der Waals surface area contributed by atoms with Crippen LogP contribution in [0.1, 0.15) is 30.6 Å². The van der Waals surface area contributed by atoms with Gasteiger partial charge in [0.25, 0.3) is 0 Å². The number of hydrogen-bond donors (Lipinski definition) is 1. The molecule has 0 spiro atoms. The molecule has 1 N–H and O–H groups in total. The van der Waals surface area contributed by atoms with Crippen molar-refractivity contribution in [3.63, 3.8) is 0 Å².